The van der Waals surface area contributed by atoms with Crippen LogP contribution in [0.2, 0.25) is 5.02 Å². The SMILES string of the molecule is Oc1ccc(Cc2cc([C@H]3C[C@@H](O)[C@H](O)C4(CC4)O3)ccc2Cl)cc1. The average Bonchev–Trinajstić information content (AvgIpc) is 3.37. The third-order valence-corrected chi connectivity index (χ3v) is 5.62. The Balaban J connectivity index is 1.58. The van der Waals surface area contributed by atoms with Crippen LogP contribution in [0.1, 0.15) is 42.1 Å². The molecule has 2 aromatic carbocycles. The first-order valence-corrected chi connectivity index (χ1v) is 8.95. The summed E-state index contributed by atoms with van der Waals surface area (Å²) in [5.41, 5.74) is 2.42. The van der Waals surface area contributed by atoms with Crippen LogP contribution in [0.3, 0.4) is 0 Å². The highest BCUT2D eigenvalue weighted by molar-refractivity contribution is 6.31. The number of rotatable bonds is 3. The van der Waals surface area contributed by atoms with Crippen molar-refractivity contribution in [3.8, 4) is 5.75 Å². The fraction of sp³-hybridized carbons (Fsp3) is 0.400. The van der Waals surface area contributed by atoms with Gasteiger partial charge in [0.15, 0.2) is 0 Å². The first kappa shape index (κ1) is 16.9. The second-order valence-electron chi connectivity index (χ2n) is 7.11. The van der Waals surface area contributed by atoms with Crippen molar-refractivity contribution in [1.29, 1.82) is 0 Å². The smallest absolute Gasteiger partial charge is 0.115 e. The number of phenols is 1. The second-order valence-corrected chi connectivity index (χ2v) is 7.52. The third kappa shape index (κ3) is 3.27. The molecule has 0 aromatic heterocycles. The van der Waals surface area contributed by atoms with Gasteiger partial charge in [-0.05, 0) is 54.2 Å². The Bertz CT molecular complexity index is 770. The summed E-state index contributed by atoms with van der Waals surface area (Å²) in [6.45, 7) is 0. The normalized spacial score (nSPS) is 27.4. The van der Waals surface area contributed by atoms with Gasteiger partial charge in [-0.1, -0.05) is 35.9 Å². The molecule has 3 N–H and O–H groups in total. The van der Waals surface area contributed by atoms with Gasteiger partial charge in [-0.15, -0.1) is 0 Å². The Morgan fingerprint density at radius 1 is 1.08 bits per heavy atom. The molecule has 25 heavy (non-hydrogen) atoms. The lowest BCUT2D eigenvalue weighted by atomic mass is 9.91. The maximum Gasteiger partial charge on any atom is 0.115 e. The Morgan fingerprint density at radius 2 is 1.80 bits per heavy atom. The predicted molar refractivity (Wildman–Crippen MR) is 94.8 cm³/mol. The number of hydrogen-bond acceptors (Lipinski definition) is 4. The number of aliphatic hydroxyl groups is 2. The standard InChI is InChI=1S/C20H21ClO4/c21-16-6-3-13(10-14(16)9-12-1-4-15(22)5-2-12)18-11-17(23)19(24)20(25-18)7-8-20/h1-6,10,17-19,22-24H,7-9,11H2/t17-,18-,19+/m1/s1. The van der Waals surface area contributed by atoms with E-state index < -0.39 is 17.8 Å². The number of ether oxygens (including phenoxy) is 1. The van der Waals surface area contributed by atoms with Crippen LogP contribution in [0.4, 0.5) is 0 Å². The van der Waals surface area contributed by atoms with Crippen LogP contribution in [-0.2, 0) is 11.2 Å². The summed E-state index contributed by atoms with van der Waals surface area (Å²) in [6, 6.07) is 12.8. The first-order valence-electron chi connectivity index (χ1n) is 8.57. The summed E-state index contributed by atoms with van der Waals surface area (Å²) < 4.78 is 6.13. The average molecular weight is 361 g/mol. The molecule has 132 valence electrons. The van der Waals surface area contributed by atoms with E-state index in [1.54, 1.807) is 12.1 Å². The highest BCUT2D eigenvalue weighted by atomic mass is 35.5. The van der Waals surface area contributed by atoms with Crippen LogP contribution in [0, 0.1) is 0 Å². The molecular formula is C20H21ClO4. The van der Waals surface area contributed by atoms with Crippen molar-refractivity contribution < 1.29 is 20.1 Å². The summed E-state index contributed by atoms with van der Waals surface area (Å²) in [7, 11) is 0. The van der Waals surface area contributed by atoms with Gasteiger partial charge >= 0.3 is 0 Å². The van der Waals surface area contributed by atoms with E-state index in [4.69, 9.17) is 16.3 Å². The first-order chi connectivity index (χ1) is 12.0. The molecule has 1 heterocycles. The zero-order valence-corrected chi connectivity index (χ0v) is 14.5. The number of aromatic hydroxyl groups is 1. The van der Waals surface area contributed by atoms with Gasteiger partial charge in [0.1, 0.15) is 11.9 Å². The van der Waals surface area contributed by atoms with Gasteiger partial charge in [0.25, 0.3) is 0 Å². The van der Waals surface area contributed by atoms with E-state index in [0.29, 0.717) is 17.9 Å². The maximum absolute atomic E-state index is 10.2. The van der Waals surface area contributed by atoms with E-state index in [1.165, 1.54) is 0 Å². The van der Waals surface area contributed by atoms with Crippen molar-refractivity contribution in [2.75, 3.05) is 0 Å². The van der Waals surface area contributed by atoms with Crippen molar-refractivity contribution >= 4 is 11.6 Å². The van der Waals surface area contributed by atoms with Gasteiger partial charge in [0.05, 0.1) is 17.8 Å². The Morgan fingerprint density at radius 3 is 2.48 bits per heavy atom. The molecule has 4 nitrogen and oxygen atoms in total. The van der Waals surface area contributed by atoms with Gasteiger partial charge in [0.2, 0.25) is 0 Å². The molecule has 0 radical (unpaired) electrons. The van der Waals surface area contributed by atoms with Crippen molar-refractivity contribution in [2.45, 2.75) is 49.6 Å². The van der Waals surface area contributed by atoms with E-state index in [-0.39, 0.29) is 11.9 Å². The Labute approximate surface area is 151 Å². The number of hydrogen-bond donors (Lipinski definition) is 3. The fourth-order valence-corrected chi connectivity index (χ4v) is 3.79. The van der Waals surface area contributed by atoms with E-state index in [1.807, 2.05) is 30.3 Å². The summed E-state index contributed by atoms with van der Waals surface area (Å²) >= 11 is 6.36. The fourth-order valence-electron chi connectivity index (χ4n) is 3.61. The highest BCUT2D eigenvalue weighted by Gasteiger charge is 2.57. The minimum Gasteiger partial charge on any atom is -0.508 e. The molecule has 2 fully saturated rings. The van der Waals surface area contributed by atoms with E-state index in [0.717, 1.165) is 29.5 Å². The topological polar surface area (TPSA) is 69.9 Å². The van der Waals surface area contributed by atoms with Crippen molar-refractivity contribution in [3.63, 3.8) is 0 Å². The summed E-state index contributed by atoms with van der Waals surface area (Å²) in [4.78, 5) is 0. The van der Waals surface area contributed by atoms with Crippen molar-refractivity contribution in [3.05, 3.63) is 64.2 Å². The molecule has 0 amide bonds. The number of halogens is 1. The van der Waals surface area contributed by atoms with Gasteiger partial charge in [-0.3, -0.25) is 0 Å². The molecule has 0 bridgehead atoms. The number of phenolic OH excluding ortho intramolecular Hbond substituents is 1. The van der Waals surface area contributed by atoms with Crippen LogP contribution in [0.15, 0.2) is 42.5 Å². The largest absolute Gasteiger partial charge is 0.508 e. The highest BCUT2D eigenvalue weighted by Crippen LogP contribution is 2.51. The Kier molecular flexibility index (Phi) is 4.24. The zero-order valence-electron chi connectivity index (χ0n) is 13.7. The lowest BCUT2D eigenvalue weighted by Crippen LogP contribution is -2.47. The number of aliphatic hydroxyl groups excluding tert-OH is 2. The predicted octanol–water partition coefficient (Wildman–Crippen LogP) is 3.35. The van der Waals surface area contributed by atoms with Gasteiger partial charge in [-0.2, -0.15) is 0 Å². The molecule has 1 saturated heterocycles. The van der Waals surface area contributed by atoms with Crippen LogP contribution in [-0.4, -0.2) is 33.1 Å². The molecule has 2 aliphatic rings. The zero-order chi connectivity index (χ0) is 17.6. The van der Waals surface area contributed by atoms with Crippen LogP contribution in [0.25, 0.3) is 0 Å². The quantitative estimate of drug-likeness (QED) is 0.785. The van der Waals surface area contributed by atoms with Crippen molar-refractivity contribution in [2.24, 2.45) is 0 Å². The molecule has 1 aliphatic heterocycles. The van der Waals surface area contributed by atoms with Crippen LogP contribution >= 0.6 is 11.6 Å². The summed E-state index contributed by atoms with van der Waals surface area (Å²) in [5.74, 6) is 0.237. The molecule has 1 spiro atoms. The third-order valence-electron chi connectivity index (χ3n) is 5.25. The lowest BCUT2D eigenvalue weighted by molar-refractivity contribution is -0.185. The van der Waals surface area contributed by atoms with Crippen LogP contribution < -0.4 is 0 Å². The molecular weight excluding hydrogens is 340 g/mol. The lowest BCUT2D eigenvalue weighted by Gasteiger charge is -2.38. The second kappa shape index (κ2) is 6.29. The van der Waals surface area contributed by atoms with Crippen molar-refractivity contribution in [1.82, 2.24) is 0 Å². The van der Waals surface area contributed by atoms with Crippen LogP contribution in [0.5, 0.6) is 5.75 Å². The monoisotopic (exact) mass is 360 g/mol. The van der Waals surface area contributed by atoms with Gasteiger partial charge < -0.3 is 20.1 Å². The maximum atomic E-state index is 10.2. The Hall–Kier alpha value is -1.59. The molecule has 0 unspecified atom stereocenters. The molecule has 3 atom stereocenters. The summed E-state index contributed by atoms with van der Waals surface area (Å²) in [5, 5.41) is 30.4. The molecule has 4 rings (SSSR count). The van der Waals surface area contributed by atoms with Gasteiger partial charge in [-0.25, -0.2) is 0 Å². The summed E-state index contributed by atoms with van der Waals surface area (Å²) in [6.07, 6.45) is 0.798. The molecule has 2 aromatic rings. The van der Waals surface area contributed by atoms with Gasteiger partial charge in [0, 0.05) is 11.4 Å². The molecule has 1 saturated carbocycles. The molecule has 1 aliphatic carbocycles. The molecule has 5 heteroatoms. The van der Waals surface area contributed by atoms with E-state index >= 15 is 0 Å². The minimum absolute atomic E-state index is 0.237. The minimum atomic E-state index is -0.799. The van der Waals surface area contributed by atoms with E-state index in [2.05, 4.69) is 0 Å². The number of benzene rings is 2. The van der Waals surface area contributed by atoms with E-state index in [9.17, 15) is 15.3 Å².